The highest BCUT2D eigenvalue weighted by atomic mass is 35.5. The van der Waals surface area contributed by atoms with Crippen LogP contribution in [0.4, 0.5) is 0 Å². The largest absolute Gasteiger partial charge is 0.492 e. The van der Waals surface area contributed by atoms with Gasteiger partial charge in [-0.1, -0.05) is 29.3 Å². The van der Waals surface area contributed by atoms with Crippen LogP contribution in [0.2, 0.25) is 8.67 Å². The third-order valence-corrected chi connectivity index (χ3v) is 8.05. The van der Waals surface area contributed by atoms with Crippen molar-refractivity contribution in [3.63, 3.8) is 0 Å². The second kappa shape index (κ2) is 11.8. The van der Waals surface area contributed by atoms with Gasteiger partial charge in [0, 0.05) is 22.9 Å². The fourth-order valence-electron chi connectivity index (χ4n) is 3.80. The van der Waals surface area contributed by atoms with Gasteiger partial charge in [-0.05, 0) is 104 Å². The summed E-state index contributed by atoms with van der Waals surface area (Å²) in [4.78, 5) is 15.3. The van der Waals surface area contributed by atoms with Gasteiger partial charge in [0.15, 0.2) is 0 Å². The summed E-state index contributed by atoms with van der Waals surface area (Å²) in [5.74, 6) is 0.551. The zero-order chi connectivity index (χ0) is 25.8. The number of nitrogens with zero attached hydrogens (tertiary/aromatic N) is 1. The number of hydrogen-bond donors (Lipinski definition) is 1. The Bertz CT molecular complexity index is 1300. The van der Waals surface area contributed by atoms with Gasteiger partial charge < -0.3 is 15.0 Å². The lowest BCUT2D eigenvalue weighted by Crippen LogP contribution is -2.27. The van der Waals surface area contributed by atoms with E-state index in [9.17, 15) is 4.79 Å². The lowest BCUT2D eigenvalue weighted by Gasteiger charge is -2.18. The van der Waals surface area contributed by atoms with Gasteiger partial charge in [0.05, 0.1) is 14.7 Å². The Kier molecular flexibility index (Phi) is 8.75. The Morgan fingerprint density at radius 1 is 0.944 bits per heavy atom. The molecule has 1 atom stereocenters. The Hall–Kier alpha value is -2.35. The predicted octanol–water partition coefficient (Wildman–Crippen LogP) is 8.19. The summed E-state index contributed by atoms with van der Waals surface area (Å²) in [5, 5.41) is 7.26. The second-order valence-electron chi connectivity index (χ2n) is 8.95. The van der Waals surface area contributed by atoms with Crippen molar-refractivity contribution in [1.29, 1.82) is 0 Å². The molecule has 2 aromatic heterocycles. The van der Waals surface area contributed by atoms with Crippen molar-refractivity contribution < 1.29 is 9.53 Å². The van der Waals surface area contributed by atoms with E-state index in [4.69, 9.17) is 27.9 Å². The highest BCUT2D eigenvalue weighted by Crippen LogP contribution is 2.36. The quantitative estimate of drug-likeness (QED) is 0.225. The molecule has 0 aliphatic carbocycles. The first-order chi connectivity index (χ1) is 17.2. The van der Waals surface area contributed by atoms with Crippen LogP contribution < -0.4 is 10.1 Å². The average molecular weight is 560 g/mol. The van der Waals surface area contributed by atoms with E-state index in [1.165, 1.54) is 22.7 Å². The SMILES string of the molecule is Cc1ccc(OCCN(C)C)cc1C(=O)N[C@H](C)c1cc(-c2csc(Cl)c2)cc(-c2csc(Cl)c2)c1. The molecule has 0 unspecified atom stereocenters. The molecule has 0 spiro atoms. The Morgan fingerprint density at radius 3 is 2.08 bits per heavy atom. The molecule has 4 aromatic rings. The maximum Gasteiger partial charge on any atom is 0.252 e. The molecule has 0 saturated heterocycles. The van der Waals surface area contributed by atoms with E-state index >= 15 is 0 Å². The Morgan fingerprint density at radius 2 is 1.56 bits per heavy atom. The smallest absolute Gasteiger partial charge is 0.252 e. The average Bonchev–Trinajstić information content (AvgIpc) is 3.47. The molecule has 188 valence electrons. The standard InChI is InChI=1S/C28H28Cl2N2O2S2/c1-17-5-6-24(34-8-7-32(3)4)14-25(17)28(33)31-18(2)19-9-20(22-12-26(29)35-15-22)11-21(10-19)23-13-27(30)36-16-23/h5-6,9-16,18H,7-8H2,1-4H3,(H,31,33)/t18-/m1/s1. The lowest BCUT2D eigenvalue weighted by molar-refractivity contribution is 0.0938. The van der Waals surface area contributed by atoms with Crippen LogP contribution in [0.3, 0.4) is 0 Å². The summed E-state index contributed by atoms with van der Waals surface area (Å²) in [6, 6.07) is 15.7. The molecule has 1 amide bonds. The van der Waals surface area contributed by atoms with E-state index < -0.39 is 0 Å². The molecule has 1 N–H and O–H groups in total. The number of halogens is 2. The van der Waals surface area contributed by atoms with Gasteiger partial charge in [0.2, 0.25) is 0 Å². The maximum absolute atomic E-state index is 13.3. The molecule has 36 heavy (non-hydrogen) atoms. The first-order valence-corrected chi connectivity index (χ1v) is 14.0. The minimum Gasteiger partial charge on any atom is -0.492 e. The Labute approximate surface area is 230 Å². The molecule has 0 fully saturated rings. The van der Waals surface area contributed by atoms with Gasteiger partial charge in [-0.3, -0.25) is 4.79 Å². The normalized spacial score (nSPS) is 12.1. The van der Waals surface area contributed by atoms with Crippen LogP contribution in [0, 0.1) is 6.92 Å². The number of thiophene rings is 2. The molecule has 4 nitrogen and oxygen atoms in total. The molecule has 2 heterocycles. The van der Waals surface area contributed by atoms with Gasteiger partial charge in [0.1, 0.15) is 12.4 Å². The molecule has 0 saturated carbocycles. The number of amides is 1. The van der Waals surface area contributed by atoms with Crippen LogP contribution in [0.5, 0.6) is 5.75 Å². The molecule has 0 aliphatic rings. The number of rotatable bonds is 9. The van der Waals surface area contributed by atoms with Gasteiger partial charge in [0.25, 0.3) is 5.91 Å². The summed E-state index contributed by atoms with van der Waals surface area (Å²) in [6.45, 7) is 5.29. The van der Waals surface area contributed by atoms with E-state index in [2.05, 4.69) is 28.4 Å². The number of carbonyl (C=O) groups is 1. The predicted molar refractivity (Wildman–Crippen MR) is 154 cm³/mol. The Balaban J connectivity index is 1.60. The number of nitrogens with one attached hydrogen (secondary N) is 1. The number of likely N-dealkylation sites (N-methyl/N-ethyl adjacent to an activating group) is 1. The van der Waals surface area contributed by atoms with Crippen molar-refractivity contribution in [2.45, 2.75) is 19.9 Å². The number of hydrogen-bond acceptors (Lipinski definition) is 5. The van der Waals surface area contributed by atoms with Crippen molar-refractivity contribution >= 4 is 51.8 Å². The minimum atomic E-state index is -0.225. The summed E-state index contributed by atoms with van der Waals surface area (Å²) >= 11 is 15.4. The third-order valence-electron chi connectivity index (χ3n) is 5.87. The fourth-order valence-corrected chi connectivity index (χ4v) is 5.58. The third kappa shape index (κ3) is 6.69. The van der Waals surface area contributed by atoms with Crippen molar-refractivity contribution in [2.75, 3.05) is 27.2 Å². The molecule has 4 rings (SSSR count). The first kappa shape index (κ1) is 26.7. The van der Waals surface area contributed by atoms with E-state index in [-0.39, 0.29) is 11.9 Å². The lowest BCUT2D eigenvalue weighted by atomic mass is 9.95. The molecule has 0 bridgehead atoms. The second-order valence-corrected chi connectivity index (χ2v) is 12.0. The van der Waals surface area contributed by atoms with Gasteiger partial charge in [-0.15, -0.1) is 22.7 Å². The van der Waals surface area contributed by atoms with Crippen LogP contribution in [-0.4, -0.2) is 38.1 Å². The summed E-state index contributed by atoms with van der Waals surface area (Å²) in [5.41, 5.74) is 6.68. The van der Waals surface area contributed by atoms with Crippen molar-refractivity contribution in [3.05, 3.63) is 84.7 Å². The summed E-state index contributed by atoms with van der Waals surface area (Å²) in [6.07, 6.45) is 0. The fraction of sp³-hybridized carbons (Fsp3) is 0.250. The summed E-state index contributed by atoms with van der Waals surface area (Å²) in [7, 11) is 4.00. The highest BCUT2D eigenvalue weighted by molar-refractivity contribution is 7.15. The van der Waals surface area contributed by atoms with Gasteiger partial charge >= 0.3 is 0 Å². The molecule has 0 aliphatic heterocycles. The van der Waals surface area contributed by atoms with Crippen molar-refractivity contribution in [2.24, 2.45) is 0 Å². The number of carbonyl (C=O) groups excluding carboxylic acids is 1. The zero-order valence-corrected chi connectivity index (χ0v) is 23.7. The summed E-state index contributed by atoms with van der Waals surface area (Å²) < 4.78 is 7.32. The number of benzene rings is 2. The maximum atomic E-state index is 13.3. The molecular weight excluding hydrogens is 531 g/mol. The molecular formula is C28H28Cl2N2O2S2. The van der Waals surface area contributed by atoms with Crippen LogP contribution in [0.1, 0.15) is 34.5 Å². The van der Waals surface area contributed by atoms with E-state index in [1.807, 2.05) is 69.0 Å². The van der Waals surface area contributed by atoms with E-state index in [0.717, 1.165) is 48.6 Å². The number of ether oxygens (including phenoxy) is 1. The molecule has 8 heteroatoms. The van der Waals surface area contributed by atoms with Crippen LogP contribution in [0.25, 0.3) is 22.3 Å². The highest BCUT2D eigenvalue weighted by Gasteiger charge is 2.17. The monoisotopic (exact) mass is 558 g/mol. The number of aryl methyl sites for hydroxylation is 1. The minimum absolute atomic E-state index is 0.137. The molecule has 2 aromatic carbocycles. The van der Waals surface area contributed by atoms with Crippen molar-refractivity contribution in [1.82, 2.24) is 10.2 Å². The van der Waals surface area contributed by atoms with E-state index in [1.54, 1.807) is 0 Å². The van der Waals surface area contributed by atoms with E-state index in [0.29, 0.717) is 17.9 Å². The molecule has 0 radical (unpaired) electrons. The van der Waals surface area contributed by atoms with Crippen LogP contribution in [-0.2, 0) is 0 Å². The topological polar surface area (TPSA) is 41.6 Å². The first-order valence-electron chi connectivity index (χ1n) is 11.5. The van der Waals surface area contributed by atoms with Gasteiger partial charge in [-0.2, -0.15) is 0 Å². The van der Waals surface area contributed by atoms with Crippen molar-refractivity contribution in [3.8, 4) is 28.0 Å². The van der Waals surface area contributed by atoms with Crippen LogP contribution in [0.15, 0.2) is 59.3 Å². The van der Waals surface area contributed by atoms with Gasteiger partial charge in [-0.25, -0.2) is 0 Å². The zero-order valence-electron chi connectivity index (χ0n) is 20.6. The van der Waals surface area contributed by atoms with Crippen LogP contribution >= 0.6 is 45.9 Å².